The Morgan fingerprint density at radius 1 is 1.00 bits per heavy atom. The van der Waals surface area contributed by atoms with Crippen molar-refractivity contribution in [3.63, 3.8) is 0 Å². The molecule has 0 bridgehead atoms. The fourth-order valence-electron chi connectivity index (χ4n) is 4.04. The number of carbonyl (C=O) groups is 1. The van der Waals surface area contributed by atoms with Crippen LogP contribution in [0.25, 0.3) is 11.1 Å². The molecule has 0 saturated carbocycles. The number of benzene rings is 3. The molecule has 0 fully saturated rings. The summed E-state index contributed by atoms with van der Waals surface area (Å²) in [6.07, 6.45) is -0.481. The van der Waals surface area contributed by atoms with Crippen molar-refractivity contribution in [2.24, 2.45) is 0 Å². The van der Waals surface area contributed by atoms with Gasteiger partial charge in [-0.1, -0.05) is 60.4 Å². The van der Waals surface area contributed by atoms with Crippen molar-refractivity contribution in [1.29, 1.82) is 0 Å². The van der Waals surface area contributed by atoms with Crippen LogP contribution in [-0.4, -0.2) is 24.4 Å². The number of hydrogen-bond acceptors (Lipinski definition) is 3. The summed E-state index contributed by atoms with van der Waals surface area (Å²) >= 11 is 0. The molecular formula is C26H23NO3. The Balaban J connectivity index is 1.37. The zero-order valence-electron chi connectivity index (χ0n) is 17.0. The van der Waals surface area contributed by atoms with Gasteiger partial charge in [0.05, 0.1) is 6.54 Å². The lowest BCUT2D eigenvalue weighted by atomic mass is 9.98. The number of hydrogen-bond donors (Lipinski definition) is 2. The lowest BCUT2D eigenvalue weighted by molar-refractivity contribution is 0.144. The summed E-state index contributed by atoms with van der Waals surface area (Å²) in [6, 6.07) is 19.8. The Morgan fingerprint density at radius 2 is 1.57 bits per heavy atom. The first kappa shape index (κ1) is 19.6. The molecule has 0 spiro atoms. The van der Waals surface area contributed by atoms with E-state index in [2.05, 4.69) is 41.4 Å². The molecular weight excluding hydrogens is 374 g/mol. The number of phenolic OH excluding ortho intramolecular Hbond substituents is 1. The second-order valence-corrected chi connectivity index (χ2v) is 7.44. The predicted molar refractivity (Wildman–Crippen MR) is 118 cm³/mol. The molecule has 1 aliphatic rings. The van der Waals surface area contributed by atoms with Crippen LogP contribution in [0.1, 0.15) is 33.7 Å². The number of carbonyl (C=O) groups excluding carboxylic acids is 1. The van der Waals surface area contributed by atoms with Crippen molar-refractivity contribution in [3.8, 4) is 28.7 Å². The van der Waals surface area contributed by atoms with E-state index in [1.165, 1.54) is 22.3 Å². The van der Waals surface area contributed by atoms with Gasteiger partial charge in [-0.3, -0.25) is 0 Å². The van der Waals surface area contributed by atoms with Gasteiger partial charge in [0.15, 0.2) is 0 Å². The summed E-state index contributed by atoms with van der Waals surface area (Å²) in [7, 11) is 0. The van der Waals surface area contributed by atoms with Crippen molar-refractivity contribution in [1.82, 2.24) is 5.32 Å². The molecule has 0 heterocycles. The van der Waals surface area contributed by atoms with E-state index in [1.54, 1.807) is 12.1 Å². The summed E-state index contributed by atoms with van der Waals surface area (Å²) in [5.41, 5.74) is 7.44. The number of phenols is 1. The third-order valence-electron chi connectivity index (χ3n) is 5.40. The maximum atomic E-state index is 12.2. The van der Waals surface area contributed by atoms with Gasteiger partial charge in [-0.05, 0) is 59.4 Å². The van der Waals surface area contributed by atoms with Gasteiger partial charge in [0, 0.05) is 11.5 Å². The second kappa shape index (κ2) is 8.34. The summed E-state index contributed by atoms with van der Waals surface area (Å²) in [6.45, 7) is 4.27. The molecule has 4 heteroatoms. The minimum absolute atomic E-state index is 0.0385. The van der Waals surface area contributed by atoms with Crippen molar-refractivity contribution in [3.05, 3.63) is 88.5 Å². The van der Waals surface area contributed by atoms with Crippen LogP contribution >= 0.6 is 0 Å². The summed E-state index contributed by atoms with van der Waals surface area (Å²) in [5, 5.41) is 12.3. The minimum Gasteiger partial charge on any atom is -0.508 e. The number of alkyl carbamates (subject to hydrolysis) is 1. The summed E-state index contributed by atoms with van der Waals surface area (Å²) in [4.78, 5) is 12.2. The van der Waals surface area contributed by atoms with E-state index < -0.39 is 6.09 Å². The predicted octanol–water partition coefficient (Wildman–Crippen LogP) is 4.90. The minimum atomic E-state index is -0.481. The first-order chi connectivity index (χ1) is 14.5. The van der Waals surface area contributed by atoms with E-state index in [1.807, 2.05) is 38.1 Å². The molecule has 0 unspecified atom stereocenters. The van der Waals surface area contributed by atoms with Gasteiger partial charge in [0.1, 0.15) is 12.4 Å². The van der Waals surface area contributed by atoms with Gasteiger partial charge in [-0.25, -0.2) is 4.79 Å². The molecule has 0 radical (unpaired) electrons. The molecule has 0 atom stereocenters. The fourth-order valence-corrected chi connectivity index (χ4v) is 4.04. The topological polar surface area (TPSA) is 58.6 Å². The molecule has 4 rings (SSSR count). The number of fused-ring (bicyclic) bond motifs is 3. The quantitative estimate of drug-likeness (QED) is 0.618. The molecule has 0 aliphatic heterocycles. The largest absolute Gasteiger partial charge is 0.508 e. The number of rotatable bonds is 3. The normalized spacial score (nSPS) is 11.8. The lowest BCUT2D eigenvalue weighted by Gasteiger charge is -2.14. The lowest BCUT2D eigenvalue weighted by Crippen LogP contribution is -2.26. The Kier molecular flexibility index (Phi) is 5.45. The average Bonchev–Trinajstić information content (AvgIpc) is 3.05. The highest BCUT2D eigenvalue weighted by molar-refractivity contribution is 5.79. The van der Waals surface area contributed by atoms with Gasteiger partial charge in [-0.2, -0.15) is 0 Å². The molecule has 3 aromatic rings. The van der Waals surface area contributed by atoms with E-state index >= 15 is 0 Å². The molecule has 0 saturated heterocycles. The molecule has 0 aromatic heterocycles. The first-order valence-corrected chi connectivity index (χ1v) is 9.92. The summed E-state index contributed by atoms with van der Waals surface area (Å²) < 4.78 is 5.50. The van der Waals surface area contributed by atoms with Gasteiger partial charge in [0.2, 0.25) is 0 Å². The highest BCUT2D eigenvalue weighted by Gasteiger charge is 2.28. The fraction of sp³-hybridized carbons (Fsp3) is 0.192. The first-order valence-electron chi connectivity index (χ1n) is 9.92. The Labute approximate surface area is 176 Å². The maximum Gasteiger partial charge on any atom is 0.407 e. The number of ether oxygens (including phenoxy) is 1. The van der Waals surface area contributed by atoms with Crippen LogP contribution in [0.2, 0.25) is 0 Å². The number of aromatic hydroxyl groups is 1. The molecule has 3 aromatic carbocycles. The van der Waals surface area contributed by atoms with Crippen LogP contribution in [-0.2, 0) is 4.74 Å². The van der Waals surface area contributed by atoms with Crippen LogP contribution in [0.15, 0.2) is 60.7 Å². The molecule has 2 N–H and O–H groups in total. The van der Waals surface area contributed by atoms with E-state index in [0.717, 1.165) is 16.7 Å². The van der Waals surface area contributed by atoms with Crippen LogP contribution < -0.4 is 5.32 Å². The van der Waals surface area contributed by atoms with Crippen molar-refractivity contribution < 1.29 is 14.6 Å². The average molecular weight is 397 g/mol. The molecule has 1 aliphatic carbocycles. The third kappa shape index (κ3) is 3.88. The van der Waals surface area contributed by atoms with Gasteiger partial charge in [0.25, 0.3) is 0 Å². The second-order valence-electron chi connectivity index (χ2n) is 7.44. The summed E-state index contributed by atoms with van der Waals surface area (Å²) in [5.74, 6) is 6.27. The molecule has 150 valence electrons. The smallest absolute Gasteiger partial charge is 0.407 e. The van der Waals surface area contributed by atoms with Gasteiger partial charge >= 0.3 is 6.09 Å². The van der Waals surface area contributed by atoms with Crippen molar-refractivity contribution in [2.45, 2.75) is 19.8 Å². The number of nitrogens with one attached hydrogen (secondary N) is 1. The van der Waals surface area contributed by atoms with E-state index in [0.29, 0.717) is 0 Å². The van der Waals surface area contributed by atoms with Crippen molar-refractivity contribution >= 4 is 6.09 Å². The zero-order valence-corrected chi connectivity index (χ0v) is 17.0. The molecule has 1 amide bonds. The maximum absolute atomic E-state index is 12.2. The van der Waals surface area contributed by atoms with E-state index in [9.17, 15) is 9.90 Å². The van der Waals surface area contributed by atoms with Crippen LogP contribution in [0, 0.1) is 25.7 Å². The SMILES string of the molecule is Cc1cc(O)cc(C)c1C#CCNC(=O)OCC1c2ccccc2-c2ccccc21. The van der Waals surface area contributed by atoms with Crippen LogP contribution in [0.4, 0.5) is 4.79 Å². The Bertz CT molecular complexity index is 1100. The molecule has 4 nitrogen and oxygen atoms in total. The Morgan fingerprint density at radius 3 is 2.17 bits per heavy atom. The van der Waals surface area contributed by atoms with Crippen LogP contribution in [0.3, 0.4) is 0 Å². The van der Waals surface area contributed by atoms with E-state index in [-0.39, 0.29) is 24.8 Å². The van der Waals surface area contributed by atoms with Gasteiger partial charge in [-0.15, -0.1) is 0 Å². The Hall–Kier alpha value is -3.71. The monoisotopic (exact) mass is 397 g/mol. The zero-order chi connectivity index (χ0) is 21.1. The van der Waals surface area contributed by atoms with E-state index in [4.69, 9.17) is 4.74 Å². The van der Waals surface area contributed by atoms with Crippen molar-refractivity contribution in [2.75, 3.05) is 13.2 Å². The highest BCUT2D eigenvalue weighted by Crippen LogP contribution is 2.44. The highest BCUT2D eigenvalue weighted by atomic mass is 16.5. The molecule has 30 heavy (non-hydrogen) atoms. The van der Waals surface area contributed by atoms with Crippen LogP contribution in [0.5, 0.6) is 5.75 Å². The number of aryl methyl sites for hydroxylation is 2. The standard InChI is InChI=1S/C26H23NO3/c1-17-14-19(28)15-18(2)20(17)12-7-13-27-26(29)30-16-25-23-10-5-3-8-21(23)22-9-4-6-11-24(22)25/h3-6,8-11,14-15,25,28H,13,16H2,1-2H3,(H,27,29). The number of amides is 1. The van der Waals surface area contributed by atoms with Gasteiger partial charge < -0.3 is 15.2 Å². The third-order valence-corrected chi connectivity index (χ3v) is 5.40.